The molecule has 1 saturated heterocycles. The second-order valence-corrected chi connectivity index (χ2v) is 11.2. The van der Waals surface area contributed by atoms with Crippen LogP contribution in [0.25, 0.3) is 33.2 Å². The predicted octanol–water partition coefficient (Wildman–Crippen LogP) is 5.80. The lowest BCUT2D eigenvalue weighted by Gasteiger charge is -2.17. The van der Waals surface area contributed by atoms with Crippen LogP contribution in [0.3, 0.4) is 0 Å². The van der Waals surface area contributed by atoms with E-state index in [0.717, 1.165) is 30.1 Å². The third-order valence-electron chi connectivity index (χ3n) is 7.62. The third-order valence-corrected chi connectivity index (χ3v) is 8.03. The number of carbonyl (C=O) groups excluding carboxylic acids is 1. The zero-order valence-corrected chi connectivity index (χ0v) is 27.3. The number of pyridine rings is 1. The largest absolute Gasteiger partial charge is 0.480 e. The Hall–Kier alpha value is -5.08. The van der Waals surface area contributed by atoms with Crippen LogP contribution in [0.4, 0.5) is 24.7 Å². The molecule has 4 heterocycles. The molecule has 3 aromatic heterocycles. The van der Waals surface area contributed by atoms with Crippen molar-refractivity contribution in [3.8, 4) is 28.3 Å². The van der Waals surface area contributed by atoms with Crippen LogP contribution in [-0.2, 0) is 24.6 Å². The molecule has 5 aromatic rings. The molecule has 0 spiro atoms. The van der Waals surface area contributed by atoms with Gasteiger partial charge in [-0.05, 0) is 43.7 Å². The molecule has 1 aliphatic heterocycles. The van der Waals surface area contributed by atoms with Gasteiger partial charge in [0.2, 0.25) is 11.8 Å². The number of hydrogen-bond donors (Lipinski definition) is 3. The van der Waals surface area contributed by atoms with E-state index in [9.17, 15) is 22.8 Å². The second kappa shape index (κ2) is 14.4. The number of amides is 1. The van der Waals surface area contributed by atoms with Crippen LogP contribution in [-0.4, -0.2) is 51.3 Å². The van der Waals surface area contributed by atoms with Gasteiger partial charge in [0.1, 0.15) is 17.2 Å². The van der Waals surface area contributed by atoms with E-state index in [0.29, 0.717) is 56.8 Å². The molecule has 2 aromatic carbocycles. The molecular weight excluding hydrogens is 649 g/mol. The number of nitrogens with zero attached hydrogens (tertiary/aromatic N) is 5. The molecule has 11 nitrogen and oxygen atoms in total. The van der Waals surface area contributed by atoms with Crippen LogP contribution < -0.4 is 26.2 Å². The monoisotopic (exact) mass is 680 g/mol. The summed E-state index contributed by atoms with van der Waals surface area (Å²) in [5.41, 5.74) is 2.53. The van der Waals surface area contributed by atoms with Gasteiger partial charge < -0.3 is 20.7 Å². The van der Waals surface area contributed by atoms with Crippen molar-refractivity contribution in [2.75, 3.05) is 26.0 Å². The maximum Gasteiger partial charge on any atom is 0.433 e. The predicted molar refractivity (Wildman–Crippen MR) is 177 cm³/mol. The molecule has 0 bridgehead atoms. The number of aryl methyl sites for hydroxylation is 1. The van der Waals surface area contributed by atoms with Gasteiger partial charge in [0.25, 0.3) is 5.56 Å². The van der Waals surface area contributed by atoms with Gasteiger partial charge >= 0.3 is 6.18 Å². The first-order chi connectivity index (χ1) is 22.9. The molecule has 250 valence electrons. The van der Waals surface area contributed by atoms with E-state index in [4.69, 9.17) is 16.3 Å². The highest BCUT2D eigenvalue weighted by molar-refractivity contribution is 6.36. The number of benzene rings is 2. The number of ether oxygens (including phenoxy) is 1. The number of alkyl halides is 3. The highest BCUT2D eigenvalue weighted by Gasteiger charge is 2.34. The summed E-state index contributed by atoms with van der Waals surface area (Å²) in [6.45, 7) is 3.16. The van der Waals surface area contributed by atoms with Crippen molar-refractivity contribution in [3.05, 3.63) is 87.2 Å². The molecule has 0 radical (unpaired) electrons. The smallest absolute Gasteiger partial charge is 0.433 e. The molecule has 6 rings (SSSR count). The topological polar surface area (TPSA) is 136 Å². The van der Waals surface area contributed by atoms with Crippen molar-refractivity contribution < 1.29 is 22.7 Å². The fraction of sp³-hybridized carbons (Fsp3) is 0.273. The van der Waals surface area contributed by atoms with E-state index in [2.05, 4.69) is 36.0 Å². The molecule has 1 aliphatic rings. The molecule has 0 aliphatic carbocycles. The number of fused-ring (bicyclic) bond motifs is 1. The third kappa shape index (κ3) is 7.24. The Labute approximate surface area is 278 Å². The number of anilines is 2. The fourth-order valence-electron chi connectivity index (χ4n) is 5.16. The molecule has 1 fully saturated rings. The molecule has 3 N–H and O–H groups in total. The zero-order valence-electron chi connectivity index (χ0n) is 26.5. The van der Waals surface area contributed by atoms with Gasteiger partial charge in [-0.3, -0.25) is 14.6 Å². The standard InChI is InChI=1S/C29H25ClF3N7O2.C4H7NO/c1-15-17(18-8-5-9-19(25(18)30)21-14-35-22(13-34-2)27(38-21)42-4)7-6-10-20(15)37-26-24-16(12-36-40(3)28(24)41)11-23(39-26)29(31,32)33;6-4-2-1-3-5-4/h5-12,14,34H,13H2,1-4H3,(H,37,39);1-3H2,(H,5,6). The summed E-state index contributed by atoms with van der Waals surface area (Å²) in [5.74, 6) is 0.342. The zero-order chi connectivity index (χ0) is 34.6. The Balaban J connectivity index is 0.000000677. The van der Waals surface area contributed by atoms with Gasteiger partial charge in [-0.2, -0.15) is 18.3 Å². The van der Waals surface area contributed by atoms with Crippen molar-refractivity contribution in [2.24, 2.45) is 7.05 Å². The highest BCUT2D eigenvalue weighted by Crippen LogP contribution is 2.40. The minimum atomic E-state index is -4.73. The van der Waals surface area contributed by atoms with E-state index >= 15 is 0 Å². The van der Waals surface area contributed by atoms with Crippen molar-refractivity contribution in [1.82, 2.24) is 35.4 Å². The van der Waals surface area contributed by atoms with Gasteiger partial charge in [-0.25, -0.2) is 14.6 Å². The van der Waals surface area contributed by atoms with Crippen molar-refractivity contribution >= 4 is 39.8 Å². The number of rotatable bonds is 7. The number of carbonyl (C=O) groups is 1. The van der Waals surface area contributed by atoms with E-state index in [1.54, 1.807) is 32.3 Å². The summed E-state index contributed by atoms with van der Waals surface area (Å²) in [7, 11) is 4.73. The minimum absolute atomic E-state index is 0.0143. The van der Waals surface area contributed by atoms with Gasteiger partial charge in [0, 0.05) is 48.8 Å². The first kappa shape index (κ1) is 34.3. The van der Waals surface area contributed by atoms with Crippen molar-refractivity contribution in [2.45, 2.75) is 32.5 Å². The average molecular weight is 681 g/mol. The van der Waals surface area contributed by atoms with E-state index in [1.165, 1.54) is 20.4 Å². The first-order valence-electron chi connectivity index (χ1n) is 14.8. The number of hydrogen-bond acceptors (Lipinski definition) is 9. The summed E-state index contributed by atoms with van der Waals surface area (Å²) < 4.78 is 47.5. The Morgan fingerprint density at radius 1 is 1.06 bits per heavy atom. The second-order valence-electron chi connectivity index (χ2n) is 10.9. The van der Waals surface area contributed by atoms with Crippen LogP contribution >= 0.6 is 11.6 Å². The Morgan fingerprint density at radius 2 is 1.79 bits per heavy atom. The highest BCUT2D eigenvalue weighted by atomic mass is 35.5. The van der Waals surface area contributed by atoms with Gasteiger partial charge in [0.15, 0.2) is 0 Å². The summed E-state index contributed by atoms with van der Waals surface area (Å²) in [6, 6.07) is 11.5. The van der Waals surface area contributed by atoms with Gasteiger partial charge in [-0.1, -0.05) is 41.9 Å². The lowest BCUT2D eigenvalue weighted by molar-refractivity contribution is -0.141. The normalized spacial score (nSPS) is 12.8. The Kier molecular flexibility index (Phi) is 10.2. The molecule has 48 heavy (non-hydrogen) atoms. The van der Waals surface area contributed by atoms with Crippen LogP contribution in [0.5, 0.6) is 5.88 Å². The molecule has 15 heteroatoms. The lowest BCUT2D eigenvalue weighted by Crippen LogP contribution is -2.21. The SMILES string of the molecule is CNCc1ncc(-c2cccc(-c3cccc(Nc4nc(C(F)(F)F)cc5cnn(C)c(=O)c45)c3C)c2Cl)nc1OC.O=C1CCCN1. The van der Waals surface area contributed by atoms with E-state index in [1.807, 2.05) is 24.3 Å². The van der Waals surface area contributed by atoms with E-state index in [-0.39, 0.29) is 22.5 Å². The summed E-state index contributed by atoms with van der Waals surface area (Å²) in [6.07, 6.45) is -0.145. The van der Waals surface area contributed by atoms with Crippen LogP contribution in [0.1, 0.15) is 29.8 Å². The molecular formula is C33H32ClF3N8O3. The number of aromatic nitrogens is 5. The number of methoxy groups -OCH3 is 1. The van der Waals surface area contributed by atoms with Crippen LogP contribution in [0.2, 0.25) is 5.02 Å². The maximum atomic E-state index is 13.7. The Morgan fingerprint density at radius 3 is 2.44 bits per heavy atom. The van der Waals surface area contributed by atoms with E-state index < -0.39 is 17.4 Å². The number of nitrogens with one attached hydrogen (secondary N) is 3. The lowest BCUT2D eigenvalue weighted by atomic mass is 9.96. The molecule has 1 amide bonds. The minimum Gasteiger partial charge on any atom is -0.480 e. The van der Waals surface area contributed by atoms with Gasteiger partial charge in [0.05, 0.1) is 35.6 Å². The van der Waals surface area contributed by atoms with Crippen molar-refractivity contribution in [1.29, 1.82) is 0 Å². The summed E-state index contributed by atoms with van der Waals surface area (Å²) in [4.78, 5) is 35.9. The average Bonchev–Trinajstić information content (AvgIpc) is 3.55. The van der Waals surface area contributed by atoms with Gasteiger partial charge in [-0.15, -0.1) is 0 Å². The summed E-state index contributed by atoms with van der Waals surface area (Å²) in [5, 5.41) is 12.9. The quantitative estimate of drug-likeness (QED) is 0.195. The molecule has 0 unspecified atom stereocenters. The fourth-order valence-corrected chi connectivity index (χ4v) is 5.49. The molecule has 0 saturated carbocycles. The maximum absolute atomic E-state index is 13.7. The number of halogens is 4. The summed E-state index contributed by atoms with van der Waals surface area (Å²) >= 11 is 6.92. The first-order valence-corrected chi connectivity index (χ1v) is 15.2. The van der Waals surface area contributed by atoms with Crippen LogP contribution in [0.15, 0.2) is 59.7 Å². The van der Waals surface area contributed by atoms with Crippen LogP contribution in [0, 0.1) is 6.92 Å². The molecule has 0 atom stereocenters. The Bertz CT molecular complexity index is 2040. The van der Waals surface area contributed by atoms with Crippen molar-refractivity contribution in [3.63, 3.8) is 0 Å².